The Hall–Kier alpha value is -2.74. The standard InChI is InChI=1S/C26H31N3O3S/c1-29(23-8-4-5-9-23)26(30)25(16-19-10-12-20(18-27)13-11-19)28-33(31,32)24-15-14-21-6-2-3-7-22(21)17-24/h2-3,6-7,10-15,17,23,25,28H,4-5,8-9,16,18,27H2,1H3/t25-/m0/s1. The van der Waals surface area contributed by atoms with Gasteiger partial charge in [0.15, 0.2) is 0 Å². The van der Waals surface area contributed by atoms with Crippen molar-refractivity contribution in [3.63, 3.8) is 0 Å². The minimum atomic E-state index is -3.90. The maximum absolute atomic E-state index is 13.5. The van der Waals surface area contributed by atoms with E-state index in [1.807, 2.05) is 48.5 Å². The van der Waals surface area contributed by atoms with E-state index in [1.165, 1.54) is 0 Å². The number of amides is 1. The zero-order valence-electron chi connectivity index (χ0n) is 18.9. The van der Waals surface area contributed by atoms with E-state index < -0.39 is 16.1 Å². The van der Waals surface area contributed by atoms with Crippen molar-refractivity contribution in [2.75, 3.05) is 7.05 Å². The van der Waals surface area contributed by atoms with Crippen LogP contribution in [0.15, 0.2) is 71.6 Å². The summed E-state index contributed by atoms with van der Waals surface area (Å²) in [6, 6.07) is 19.5. The van der Waals surface area contributed by atoms with Crippen LogP contribution in [0.4, 0.5) is 0 Å². The highest BCUT2D eigenvalue weighted by Crippen LogP contribution is 2.24. The molecule has 0 aliphatic heterocycles. The number of carbonyl (C=O) groups excluding carboxylic acids is 1. The summed E-state index contributed by atoms with van der Waals surface area (Å²) in [5.41, 5.74) is 7.56. The molecule has 7 heteroatoms. The van der Waals surface area contributed by atoms with E-state index in [2.05, 4.69) is 4.72 Å². The molecule has 0 saturated heterocycles. The fraction of sp³-hybridized carbons (Fsp3) is 0.346. The summed E-state index contributed by atoms with van der Waals surface area (Å²) >= 11 is 0. The van der Waals surface area contributed by atoms with Gasteiger partial charge < -0.3 is 10.6 Å². The molecule has 3 aromatic carbocycles. The van der Waals surface area contributed by atoms with Crippen LogP contribution < -0.4 is 10.5 Å². The minimum absolute atomic E-state index is 0.154. The number of nitrogens with zero attached hydrogens (tertiary/aromatic N) is 1. The summed E-state index contributed by atoms with van der Waals surface area (Å²) < 4.78 is 29.4. The smallest absolute Gasteiger partial charge is 0.241 e. The lowest BCUT2D eigenvalue weighted by Crippen LogP contribution is -2.50. The fourth-order valence-corrected chi connectivity index (χ4v) is 5.76. The molecule has 1 atom stereocenters. The average molecular weight is 466 g/mol. The first kappa shape index (κ1) is 23.4. The van der Waals surface area contributed by atoms with Gasteiger partial charge in [0.1, 0.15) is 6.04 Å². The Kier molecular flexibility index (Phi) is 7.12. The van der Waals surface area contributed by atoms with Crippen molar-refractivity contribution in [1.82, 2.24) is 9.62 Å². The molecule has 1 saturated carbocycles. The Morgan fingerprint density at radius 3 is 2.30 bits per heavy atom. The summed E-state index contributed by atoms with van der Waals surface area (Å²) in [5, 5.41) is 1.80. The molecule has 0 bridgehead atoms. The largest absolute Gasteiger partial charge is 0.341 e. The number of carbonyl (C=O) groups is 1. The Morgan fingerprint density at radius 2 is 1.64 bits per heavy atom. The van der Waals surface area contributed by atoms with Crippen LogP contribution in [0.25, 0.3) is 10.8 Å². The monoisotopic (exact) mass is 465 g/mol. The number of fused-ring (bicyclic) bond motifs is 1. The van der Waals surface area contributed by atoms with Gasteiger partial charge in [-0.25, -0.2) is 8.42 Å². The second-order valence-electron chi connectivity index (χ2n) is 8.79. The van der Waals surface area contributed by atoms with Gasteiger partial charge in [0.2, 0.25) is 15.9 Å². The molecule has 3 aromatic rings. The second-order valence-corrected chi connectivity index (χ2v) is 10.5. The summed E-state index contributed by atoms with van der Waals surface area (Å²) in [5.74, 6) is -0.200. The van der Waals surface area contributed by atoms with E-state index in [1.54, 1.807) is 30.1 Å². The molecule has 0 unspecified atom stereocenters. The highest BCUT2D eigenvalue weighted by atomic mass is 32.2. The van der Waals surface area contributed by atoms with Gasteiger partial charge in [-0.05, 0) is 53.3 Å². The van der Waals surface area contributed by atoms with Crippen molar-refractivity contribution < 1.29 is 13.2 Å². The third kappa shape index (κ3) is 5.43. The number of nitrogens with two attached hydrogens (primary N) is 1. The molecule has 0 radical (unpaired) electrons. The number of hydrogen-bond donors (Lipinski definition) is 2. The lowest BCUT2D eigenvalue weighted by atomic mass is 10.0. The van der Waals surface area contributed by atoms with Crippen LogP contribution in [0, 0.1) is 0 Å². The molecule has 174 valence electrons. The fourth-order valence-electron chi connectivity index (χ4n) is 4.53. The van der Waals surface area contributed by atoms with Crippen LogP contribution in [0.1, 0.15) is 36.8 Å². The minimum Gasteiger partial charge on any atom is -0.341 e. The number of rotatable bonds is 8. The topological polar surface area (TPSA) is 92.5 Å². The van der Waals surface area contributed by atoms with Crippen LogP contribution in [0.5, 0.6) is 0 Å². The molecule has 0 spiro atoms. The molecule has 4 rings (SSSR count). The van der Waals surface area contributed by atoms with Crippen molar-refractivity contribution in [1.29, 1.82) is 0 Å². The first-order chi connectivity index (χ1) is 15.9. The first-order valence-electron chi connectivity index (χ1n) is 11.4. The molecule has 1 aliphatic carbocycles. The Bertz CT molecular complexity index is 1220. The van der Waals surface area contributed by atoms with Crippen molar-refractivity contribution >= 4 is 26.7 Å². The Balaban J connectivity index is 1.62. The maximum atomic E-state index is 13.5. The number of nitrogens with one attached hydrogen (secondary N) is 1. The third-order valence-corrected chi connectivity index (χ3v) is 8.01. The molecule has 1 amide bonds. The number of benzene rings is 3. The summed E-state index contributed by atoms with van der Waals surface area (Å²) in [6.45, 7) is 0.432. The highest BCUT2D eigenvalue weighted by molar-refractivity contribution is 7.89. The van der Waals surface area contributed by atoms with Crippen molar-refractivity contribution in [3.8, 4) is 0 Å². The van der Waals surface area contributed by atoms with Gasteiger partial charge in [0, 0.05) is 19.6 Å². The van der Waals surface area contributed by atoms with Crippen LogP contribution in [-0.4, -0.2) is 38.4 Å². The quantitative estimate of drug-likeness (QED) is 0.532. The molecule has 0 aromatic heterocycles. The van der Waals surface area contributed by atoms with Gasteiger partial charge in [-0.1, -0.05) is 67.4 Å². The molecule has 3 N–H and O–H groups in total. The first-order valence-corrected chi connectivity index (χ1v) is 12.9. The molecule has 1 fully saturated rings. The number of sulfonamides is 1. The van der Waals surface area contributed by atoms with Crippen molar-refractivity contribution in [2.45, 2.75) is 55.6 Å². The Labute approximate surface area is 195 Å². The van der Waals surface area contributed by atoms with E-state index in [4.69, 9.17) is 5.73 Å². The van der Waals surface area contributed by atoms with E-state index in [-0.39, 0.29) is 23.3 Å². The van der Waals surface area contributed by atoms with Gasteiger partial charge in [0.25, 0.3) is 0 Å². The summed E-state index contributed by atoms with van der Waals surface area (Å²) in [4.78, 5) is 15.3. The van der Waals surface area contributed by atoms with Gasteiger partial charge in [-0.3, -0.25) is 4.79 Å². The van der Waals surface area contributed by atoms with Crippen LogP contribution in [0.2, 0.25) is 0 Å². The summed E-state index contributed by atoms with van der Waals surface area (Å²) in [7, 11) is -2.12. The van der Waals surface area contributed by atoms with Crippen molar-refractivity contribution in [2.24, 2.45) is 5.73 Å². The second kappa shape index (κ2) is 10.0. The number of hydrogen-bond acceptors (Lipinski definition) is 4. The van der Waals surface area contributed by atoms with E-state index >= 15 is 0 Å². The van der Waals surface area contributed by atoms with Gasteiger partial charge in [-0.15, -0.1) is 0 Å². The highest BCUT2D eigenvalue weighted by Gasteiger charge is 2.32. The predicted molar refractivity (Wildman–Crippen MR) is 131 cm³/mol. The third-order valence-electron chi connectivity index (χ3n) is 6.55. The normalized spacial score (nSPS) is 15.6. The van der Waals surface area contributed by atoms with E-state index in [9.17, 15) is 13.2 Å². The molecular formula is C26H31N3O3S. The Morgan fingerprint density at radius 1 is 1.00 bits per heavy atom. The lowest BCUT2D eigenvalue weighted by molar-refractivity contribution is -0.133. The van der Waals surface area contributed by atoms with E-state index in [0.29, 0.717) is 6.54 Å². The summed E-state index contributed by atoms with van der Waals surface area (Å²) in [6.07, 6.45) is 4.37. The molecule has 1 aliphatic rings. The SMILES string of the molecule is CN(C(=O)[C@H](Cc1ccc(CN)cc1)NS(=O)(=O)c1ccc2ccccc2c1)C1CCCC1. The molecule has 33 heavy (non-hydrogen) atoms. The van der Waals surface area contributed by atoms with E-state index in [0.717, 1.165) is 47.6 Å². The zero-order chi connectivity index (χ0) is 23.4. The van der Waals surface area contributed by atoms with Crippen molar-refractivity contribution in [3.05, 3.63) is 77.9 Å². The van der Waals surface area contributed by atoms with Gasteiger partial charge in [-0.2, -0.15) is 4.72 Å². The van der Waals surface area contributed by atoms with Crippen LogP contribution >= 0.6 is 0 Å². The maximum Gasteiger partial charge on any atom is 0.241 e. The molecular weight excluding hydrogens is 434 g/mol. The van der Waals surface area contributed by atoms with Crippen LogP contribution in [-0.2, 0) is 27.8 Å². The zero-order valence-corrected chi connectivity index (χ0v) is 19.7. The van der Waals surface area contributed by atoms with Crippen LogP contribution in [0.3, 0.4) is 0 Å². The average Bonchev–Trinajstić information content (AvgIpc) is 3.38. The molecule has 6 nitrogen and oxygen atoms in total. The van der Waals surface area contributed by atoms with Gasteiger partial charge in [0.05, 0.1) is 4.90 Å². The molecule has 0 heterocycles. The lowest BCUT2D eigenvalue weighted by Gasteiger charge is -2.29. The van der Waals surface area contributed by atoms with Gasteiger partial charge >= 0.3 is 0 Å². The predicted octanol–water partition coefficient (Wildman–Crippen LogP) is 3.59. The number of likely N-dealkylation sites (N-methyl/N-ethyl adjacent to an activating group) is 1.